The molecule has 1 aromatic rings. The minimum absolute atomic E-state index is 0.0688. The van der Waals surface area contributed by atoms with Crippen LogP contribution < -0.4 is 0 Å². The highest BCUT2D eigenvalue weighted by molar-refractivity contribution is 5.77. The third-order valence-electron chi connectivity index (χ3n) is 3.84. The highest BCUT2D eigenvalue weighted by atomic mass is 16.7. The summed E-state index contributed by atoms with van der Waals surface area (Å²) in [5.74, 6) is -2.32. The third-order valence-corrected chi connectivity index (χ3v) is 3.84. The molecule has 9 nitrogen and oxygen atoms in total. The van der Waals surface area contributed by atoms with Crippen molar-refractivity contribution in [3.05, 3.63) is 35.9 Å². The van der Waals surface area contributed by atoms with Crippen molar-refractivity contribution in [2.45, 2.75) is 51.2 Å². The van der Waals surface area contributed by atoms with E-state index in [0.717, 1.165) is 26.5 Å². The van der Waals surface area contributed by atoms with Crippen molar-refractivity contribution in [1.29, 1.82) is 0 Å². The van der Waals surface area contributed by atoms with Crippen molar-refractivity contribution in [2.75, 3.05) is 7.11 Å². The fourth-order valence-electron chi connectivity index (χ4n) is 2.72. The number of esters is 3. The number of aliphatic hydroxyl groups is 1. The first-order valence-electron chi connectivity index (χ1n) is 8.24. The molecule has 0 amide bonds. The SMILES string of the molecule is COC(=O)[C@H]1O[C@H](O)[C@H](OCc2ccccc2)[C@@H](OC(C)=O)[C@H]1OC(C)=O. The highest BCUT2D eigenvalue weighted by Crippen LogP contribution is 2.29. The quantitative estimate of drug-likeness (QED) is 0.548. The van der Waals surface area contributed by atoms with Gasteiger partial charge in [0.25, 0.3) is 0 Å². The molecule has 0 bridgehead atoms. The molecular weight excluding hydrogens is 360 g/mol. The van der Waals surface area contributed by atoms with Gasteiger partial charge in [-0.1, -0.05) is 30.3 Å². The number of hydrogen-bond donors (Lipinski definition) is 1. The maximum Gasteiger partial charge on any atom is 0.339 e. The van der Waals surface area contributed by atoms with Crippen molar-refractivity contribution in [2.24, 2.45) is 0 Å². The van der Waals surface area contributed by atoms with Crippen molar-refractivity contribution in [3.8, 4) is 0 Å². The highest BCUT2D eigenvalue weighted by Gasteiger charge is 2.53. The first-order valence-corrected chi connectivity index (χ1v) is 8.24. The summed E-state index contributed by atoms with van der Waals surface area (Å²) in [4.78, 5) is 35.0. The van der Waals surface area contributed by atoms with E-state index in [1.54, 1.807) is 12.1 Å². The Morgan fingerprint density at radius 3 is 2.15 bits per heavy atom. The lowest BCUT2D eigenvalue weighted by Crippen LogP contribution is -2.63. The predicted octanol–water partition coefficient (Wildman–Crippen LogP) is 0.325. The van der Waals surface area contributed by atoms with E-state index in [0.29, 0.717) is 0 Å². The van der Waals surface area contributed by atoms with E-state index >= 15 is 0 Å². The Kier molecular flexibility index (Phi) is 7.28. The molecule has 9 heteroatoms. The molecular formula is C18H22O9. The number of aliphatic hydroxyl groups excluding tert-OH is 1. The molecule has 1 heterocycles. The third kappa shape index (κ3) is 5.49. The second kappa shape index (κ2) is 9.45. The summed E-state index contributed by atoms with van der Waals surface area (Å²) in [7, 11) is 1.11. The van der Waals surface area contributed by atoms with E-state index in [1.165, 1.54) is 0 Å². The fourth-order valence-corrected chi connectivity index (χ4v) is 2.72. The number of methoxy groups -OCH3 is 1. The molecule has 0 saturated carbocycles. The van der Waals surface area contributed by atoms with Crippen LogP contribution in [0, 0.1) is 0 Å². The van der Waals surface area contributed by atoms with Gasteiger partial charge < -0.3 is 28.8 Å². The summed E-state index contributed by atoms with van der Waals surface area (Å²) in [6.45, 7) is 2.34. The Hall–Kier alpha value is -2.49. The normalized spacial score (nSPS) is 27.5. The van der Waals surface area contributed by atoms with Crippen LogP contribution >= 0.6 is 0 Å². The van der Waals surface area contributed by atoms with Crippen LogP contribution in [0.4, 0.5) is 0 Å². The van der Waals surface area contributed by atoms with Crippen LogP contribution in [0.2, 0.25) is 0 Å². The molecule has 0 unspecified atom stereocenters. The standard InChI is InChI=1S/C18H22O9/c1-10(19)25-13-14(26-11(2)20)16(17(21)23-3)27-18(22)15(13)24-9-12-7-5-4-6-8-12/h4-8,13-16,18,22H,9H2,1-3H3/t13-,14+,15+,16-,18-/m0/s1. The van der Waals surface area contributed by atoms with Gasteiger partial charge in [0.05, 0.1) is 13.7 Å². The van der Waals surface area contributed by atoms with Crippen molar-refractivity contribution in [1.82, 2.24) is 0 Å². The molecule has 1 aliphatic rings. The number of carbonyl (C=O) groups is 3. The topological polar surface area (TPSA) is 118 Å². The average Bonchev–Trinajstić information content (AvgIpc) is 2.62. The van der Waals surface area contributed by atoms with Crippen LogP contribution in [0.5, 0.6) is 0 Å². The molecule has 27 heavy (non-hydrogen) atoms. The monoisotopic (exact) mass is 382 g/mol. The molecule has 1 saturated heterocycles. The van der Waals surface area contributed by atoms with Gasteiger partial charge in [0.1, 0.15) is 6.10 Å². The van der Waals surface area contributed by atoms with Gasteiger partial charge in [-0.05, 0) is 5.56 Å². The van der Waals surface area contributed by atoms with Gasteiger partial charge in [-0.2, -0.15) is 0 Å². The molecule has 0 aliphatic carbocycles. The zero-order valence-corrected chi connectivity index (χ0v) is 15.2. The Balaban J connectivity index is 2.28. The van der Waals surface area contributed by atoms with E-state index in [2.05, 4.69) is 4.74 Å². The fraction of sp³-hybridized carbons (Fsp3) is 0.500. The zero-order chi connectivity index (χ0) is 20.0. The van der Waals surface area contributed by atoms with Crippen LogP contribution in [0.15, 0.2) is 30.3 Å². The smallest absolute Gasteiger partial charge is 0.339 e. The minimum Gasteiger partial charge on any atom is -0.467 e. The summed E-state index contributed by atoms with van der Waals surface area (Å²) < 4.78 is 25.9. The number of hydrogen-bond acceptors (Lipinski definition) is 9. The lowest BCUT2D eigenvalue weighted by Gasteiger charge is -2.42. The average molecular weight is 382 g/mol. The van der Waals surface area contributed by atoms with Crippen molar-refractivity contribution < 1.29 is 43.2 Å². The van der Waals surface area contributed by atoms with E-state index in [-0.39, 0.29) is 6.61 Å². The molecule has 1 fully saturated rings. The number of rotatable bonds is 6. The molecule has 5 atom stereocenters. The second-order valence-electron chi connectivity index (χ2n) is 5.88. The summed E-state index contributed by atoms with van der Waals surface area (Å²) in [5, 5.41) is 10.3. The number of benzene rings is 1. The maximum absolute atomic E-state index is 12.0. The van der Waals surface area contributed by atoms with Crippen molar-refractivity contribution in [3.63, 3.8) is 0 Å². The van der Waals surface area contributed by atoms with Gasteiger partial charge in [-0.3, -0.25) is 9.59 Å². The van der Waals surface area contributed by atoms with E-state index in [4.69, 9.17) is 18.9 Å². The largest absolute Gasteiger partial charge is 0.467 e. The summed E-state index contributed by atoms with van der Waals surface area (Å²) >= 11 is 0. The lowest BCUT2D eigenvalue weighted by atomic mass is 9.98. The van der Waals surface area contributed by atoms with E-state index in [9.17, 15) is 19.5 Å². The van der Waals surface area contributed by atoms with Crippen LogP contribution in [-0.2, 0) is 44.7 Å². The van der Waals surface area contributed by atoms with Crippen molar-refractivity contribution >= 4 is 17.9 Å². The van der Waals surface area contributed by atoms with Gasteiger partial charge in [-0.15, -0.1) is 0 Å². The van der Waals surface area contributed by atoms with Gasteiger partial charge >= 0.3 is 17.9 Å². The molecule has 2 rings (SSSR count). The Labute approximate surface area is 156 Å². The van der Waals surface area contributed by atoms with Crippen LogP contribution in [0.3, 0.4) is 0 Å². The molecule has 0 radical (unpaired) electrons. The molecule has 0 spiro atoms. The molecule has 1 aliphatic heterocycles. The molecule has 0 aromatic heterocycles. The van der Waals surface area contributed by atoms with E-state index in [1.807, 2.05) is 18.2 Å². The first-order chi connectivity index (χ1) is 12.8. The molecule has 1 aromatic carbocycles. The van der Waals surface area contributed by atoms with Crippen LogP contribution in [0.25, 0.3) is 0 Å². The Morgan fingerprint density at radius 2 is 1.59 bits per heavy atom. The maximum atomic E-state index is 12.0. The second-order valence-corrected chi connectivity index (χ2v) is 5.88. The summed E-state index contributed by atoms with van der Waals surface area (Å²) in [5.41, 5.74) is 0.797. The predicted molar refractivity (Wildman–Crippen MR) is 89.0 cm³/mol. The first kappa shape index (κ1) is 20.8. The van der Waals surface area contributed by atoms with Gasteiger partial charge in [-0.25, -0.2) is 4.79 Å². The van der Waals surface area contributed by atoms with E-state index < -0.39 is 48.6 Å². The molecule has 148 valence electrons. The van der Waals surface area contributed by atoms with Gasteiger partial charge in [0, 0.05) is 13.8 Å². The Bertz CT molecular complexity index is 660. The lowest BCUT2D eigenvalue weighted by molar-refractivity contribution is -0.297. The van der Waals surface area contributed by atoms with Crippen LogP contribution in [-0.4, -0.2) is 60.8 Å². The molecule has 1 N–H and O–H groups in total. The number of carbonyl (C=O) groups excluding carboxylic acids is 3. The van der Waals surface area contributed by atoms with Gasteiger partial charge in [0.2, 0.25) is 0 Å². The summed E-state index contributed by atoms with van der Waals surface area (Å²) in [6, 6.07) is 9.06. The minimum atomic E-state index is -1.62. The zero-order valence-electron chi connectivity index (χ0n) is 15.2. The number of ether oxygens (including phenoxy) is 5. The Morgan fingerprint density at radius 1 is 1.00 bits per heavy atom. The summed E-state index contributed by atoms with van der Waals surface area (Å²) in [6.07, 6.45) is -6.91. The van der Waals surface area contributed by atoms with Crippen LogP contribution in [0.1, 0.15) is 19.4 Å². The van der Waals surface area contributed by atoms with Gasteiger partial charge in [0.15, 0.2) is 24.6 Å².